The van der Waals surface area contributed by atoms with Crippen molar-refractivity contribution in [3.63, 3.8) is 0 Å². The average molecular weight is 377 g/mol. The number of fused-ring (bicyclic) bond motifs is 2. The molecule has 1 aromatic heterocycles. The van der Waals surface area contributed by atoms with E-state index in [0.717, 1.165) is 50.9 Å². The van der Waals surface area contributed by atoms with Gasteiger partial charge in [0.1, 0.15) is 5.82 Å². The number of carbonyl (C=O) groups excluding carboxylic acids is 1. The van der Waals surface area contributed by atoms with E-state index in [-0.39, 0.29) is 29.9 Å². The van der Waals surface area contributed by atoms with Crippen LogP contribution in [-0.4, -0.2) is 28.0 Å². The van der Waals surface area contributed by atoms with Gasteiger partial charge >= 0.3 is 0 Å². The summed E-state index contributed by atoms with van der Waals surface area (Å²) in [6, 6.07) is 5.18. The molecular formula is C19H25ClN4O2. The van der Waals surface area contributed by atoms with Gasteiger partial charge in [0.15, 0.2) is 0 Å². The standard InChI is InChI=1S/C19H24N4O2.ClH/c20-15(12-5-6-12)11-21-18(24)13-7-8-14-16(10-13)22-17-4-2-1-3-9-23(17)19(14)25;/h7-8,10,12,15H,1-6,9,11,20H2,(H,21,24);1H. The number of benzene rings is 1. The van der Waals surface area contributed by atoms with Crippen LogP contribution in [0.5, 0.6) is 0 Å². The molecule has 1 atom stereocenters. The van der Waals surface area contributed by atoms with E-state index in [1.807, 2.05) is 0 Å². The Bertz CT molecular complexity index is 876. The van der Waals surface area contributed by atoms with Gasteiger partial charge < -0.3 is 11.1 Å². The summed E-state index contributed by atoms with van der Waals surface area (Å²) < 4.78 is 1.80. The highest BCUT2D eigenvalue weighted by atomic mass is 35.5. The zero-order chi connectivity index (χ0) is 17.4. The van der Waals surface area contributed by atoms with E-state index in [4.69, 9.17) is 5.73 Å². The number of nitrogens with one attached hydrogen (secondary N) is 1. The van der Waals surface area contributed by atoms with Crippen LogP contribution in [0.3, 0.4) is 0 Å². The molecular weight excluding hydrogens is 352 g/mol. The smallest absolute Gasteiger partial charge is 0.261 e. The van der Waals surface area contributed by atoms with Crippen LogP contribution in [0.4, 0.5) is 0 Å². The van der Waals surface area contributed by atoms with Gasteiger partial charge in [0.25, 0.3) is 11.5 Å². The van der Waals surface area contributed by atoms with Gasteiger partial charge in [-0.3, -0.25) is 14.2 Å². The summed E-state index contributed by atoms with van der Waals surface area (Å²) in [6.07, 6.45) is 6.32. The van der Waals surface area contributed by atoms with Crippen LogP contribution in [0, 0.1) is 5.92 Å². The highest BCUT2D eigenvalue weighted by Gasteiger charge is 2.28. The van der Waals surface area contributed by atoms with Gasteiger partial charge in [-0.25, -0.2) is 4.98 Å². The minimum atomic E-state index is -0.158. The molecule has 2 aromatic rings. The third-order valence-electron chi connectivity index (χ3n) is 5.30. The Morgan fingerprint density at radius 3 is 2.88 bits per heavy atom. The molecule has 1 fully saturated rings. The van der Waals surface area contributed by atoms with Crippen molar-refractivity contribution in [2.45, 2.75) is 51.1 Å². The second kappa shape index (κ2) is 7.76. The number of carbonyl (C=O) groups is 1. The zero-order valence-electron chi connectivity index (χ0n) is 14.7. The quantitative estimate of drug-likeness (QED) is 0.854. The summed E-state index contributed by atoms with van der Waals surface area (Å²) in [5.74, 6) is 1.23. The van der Waals surface area contributed by atoms with Crippen LogP contribution in [0.2, 0.25) is 0 Å². The second-order valence-corrected chi connectivity index (χ2v) is 7.24. The maximum Gasteiger partial charge on any atom is 0.261 e. The van der Waals surface area contributed by atoms with Crippen molar-refractivity contribution in [3.8, 4) is 0 Å². The number of halogens is 1. The van der Waals surface area contributed by atoms with Gasteiger partial charge in [-0.05, 0) is 49.8 Å². The second-order valence-electron chi connectivity index (χ2n) is 7.24. The van der Waals surface area contributed by atoms with Gasteiger partial charge in [0, 0.05) is 31.1 Å². The van der Waals surface area contributed by atoms with Gasteiger partial charge in [-0.15, -0.1) is 12.4 Å². The first-order chi connectivity index (χ1) is 12.1. The number of aromatic nitrogens is 2. The van der Waals surface area contributed by atoms with Crippen molar-refractivity contribution in [2.75, 3.05) is 6.54 Å². The monoisotopic (exact) mass is 376 g/mol. The molecule has 1 aliphatic heterocycles. The minimum Gasteiger partial charge on any atom is -0.350 e. The van der Waals surface area contributed by atoms with Gasteiger partial charge in [-0.1, -0.05) is 6.42 Å². The van der Waals surface area contributed by atoms with E-state index in [1.165, 1.54) is 0 Å². The summed E-state index contributed by atoms with van der Waals surface area (Å²) in [5, 5.41) is 3.48. The molecule has 1 saturated carbocycles. The zero-order valence-corrected chi connectivity index (χ0v) is 15.6. The molecule has 3 N–H and O–H groups in total. The largest absolute Gasteiger partial charge is 0.350 e. The maximum atomic E-state index is 12.7. The van der Waals surface area contributed by atoms with E-state index < -0.39 is 0 Å². The molecule has 0 bridgehead atoms. The lowest BCUT2D eigenvalue weighted by Gasteiger charge is -2.13. The lowest BCUT2D eigenvalue weighted by Crippen LogP contribution is -2.38. The van der Waals surface area contributed by atoms with Crippen LogP contribution < -0.4 is 16.6 Å². The van der Waals surface area contributed by atoms with Crippen LogP contribution in [-0.2, 0) is 13.0 Å². The summed E-state index contributed by atoms with van der Waals surface area (Å²) in [7, 11) is 0. The van der Waals surface area contributed by atoms with Crippen molar-refractivity contribution in [3.05, 3.63) is 39.9 Å². The Hall–Kier alpha value is -1.92. The lowest BCUT2D eigenvalue weighted by atomic mass is 10.1. The predicted molar refractivity (Wildman–Crippen MR) is 104 cm³/mol. The Morgan fingerprint density at radius 2 is 2.12 bits per heavy atom. The molecule has 140 valence electrons. The number of nitrogens with zero attached hydrogens (tertiary/aromatic N) is 2. The Morgan fingerprint density at radius 1 is 1.31 bits per heavy atom. The fourth-order valence-corrected chi connectivity index (χ4v) is 3.56. The number of amides is 1. The van der Waals surface area contributed by atoms with Crippen molar-refractivity contribution in [1.82, 2.24) is 14.9 Å². The van der Waals surface area contributed by atoms with E-state index >= 15 is 0 Å². The Balaban J connectivity index is 0.00000196. The van der Waals surface area contributed by atoms with Crippen LogP contribution >= 0.6 is 12.4 Å². The summed E-state index contributed by atoms with van der Waals surface area (Å²) in [4.78, 5) is 29.8. The molecule has 6 nitrogen and oxygen atoms in total. The maximum absolute atomic E-state index is 12.7. The number of hydrogen-bond donors (Lipinski definition) is 2. The molecule has 7 heteroatoms. The van der Waals surface area contributed by atoms with Crippen molar-refractivity contribution < 1.29 is 4.79 Å². The Labute approximate surface area is 158 Å². The van der Waals surface area contributed by atoms with E-state index in [2.05, 4.69) is 10.3 Å². The van der Waals surface area contributed by atoms with Gasteiger partial charge in [-0.2, -0.15) is 0 Å². The topological polar surface area (TPSA) is 90.0 Å². The molecule has 1 aliphatic carbocycles. The summed E-state index contributed by atoms with van der Waals surface area (Å²) >= 11 is 0. The summed E-state index contributed by atoms with van der Waals surface area (Å²) in [6.45, 7) is 1.22. The normalized spacial score (nSPS) is 17.7. The molecule has 1 amide bonds. The predicted octanol–water partition coefficient (Wildman–Crippen LogP) is 2.01. The van der Waals surface area contributed by atoms with Crippen LogP contribution in [0.1, 0.15) is 48.3 Å². The van der Waals surface area contributed by atoms with Gasteiger partial charge in [0.05, 0.1) is 10.9 Å². The number of rotatable bonds is 4. The van der Waals surface area contributed by atoms with Crippen LogP contribution in [0.25, 0.3) is 10.9 Å². The van der Waals surface area contributed by atoms with E-state index in [9.17, 15) is 9.59 Å². The molecule has 26 heavy (non-hydrogen) atoms. The Kier molecular flexibility index (Phi) is 5.63. The number of nitrogens with two attached hydrogens (primary N) is 1. The first-order valence-corrected chi connectivity index (χ1v) is 9.21. The van der Waals surface area contributed by atoms with Crippen molar-refractivity contribution in [2.24, 2.45) is 11.7 Å². The third-order valence-corrected chi connectivity index (χ3v) is 5.30. The average Bonchev–Trinajstić information content (AvgIpc) is 3.46. The minimum absolute atomic E-state index is 0. The number of aryl methyl sites for hydroxylation is 1. The van der Waals surface area contributed by atoms with Crippen molar-refractivity contribution >= 4 is 29.2 Å². The van der Waals surface area contributed by atoms with E-state index in [1.54, 1.807) is 22.8 Å². The third kappa shape index (κ3) is 3.76. The summed E-state index contributed by atoms with van der Waals surface area (Å²) in [5.41, 5.74) is 7.18. The fourth-order valence-electron chi connectivity index (χ4n) is 3.56. The number of hydrogen-bond acceptors (Lipinski definition) is 4. The molecule has 2 heterocycles. The molecule has 0 spiro atoms. The van der Waals surface area contributed by atoms with Crippen molar-refractivity contribution in [1.29, 1.82) is 0 Å². The highest BCUT2D eigenvalue weighted by molar-refractivity contribution is 5.97. The lowest BCUT2D eigenvalue weighted by molar-refractivity contribution is 0.0950. The molecule has 4 rings (SSSR count). The van der Waals surface area contributed by atoms with E-state index in [0.29, 0.717) is 28.9 Å². The van der Waals surface area contributed by atoms with Crippen LogP contribution in [0.15, 0.2) is 23.0 Å². The fraction of sp³-hybridized carbons (Fsp3) is 0.526. The molecule has 1 unspecified atom stereocenters. The molecule has 0 radical (unpaired) electrons. The first-order valence-electron chi connectivity index (χ1n) is 9.21. The molecule has 1 aromatic carbocycles. The van der Waals surface area contributed by atoms with Gasteiger partial charge in [0.2, 0.25) is 0 Å². The molecule has 2 aliphatic rings. The SMILES string of the molecule is Cl.NC(CNC(=O)c1ccc2c(=O)n3c(nc2c1)CCCCC3)C1CC1. The first kappa shape index (κ1) is 18.9. The molecule has 0 saturated heterocycles. The highest BCUT2D eigenvalue weighted by Crippen LogP contribution is 2.31.